The molecule has 3 N–H and O–H groups in total. The highest BCUT2D eigenvalue weighted by molar-refractivity contribution is 5.53. The Bertz CT molecular complexity index is 496. The van der Waals surface area contributed by atoms with Gasteiger partial charge in [0.1, 0.15) is 5.82 Å². The van der Waals surface area contributed by atoms with E-state index in [-0.39, 0.29) is 12.1 Å². The molecule has 1 aliphatic heterocycles. The molecule has 2 unspecified atom stereocenters. The first-order valence-electron chi connectivity index (χ1n) is 5.72. The Morgan fingerprint density at radius 3 is 2.76 bits per heavy atom. The largest absolute Gasteiger partial charge is 0.392 e. The number of rotatable bonds is 2. The summed E-state index contributed by atoms with van der Waals surface area (Å²) >= 11 is 0. The zero-order chi connectivity index (χ0) is 11.7. The summed E-state index contributed by atoms with van der Waals surface area (Å²) in [5, 5.41) is 19.8. The van der Waals surface area contributed by atoms with Gasteiger partial charge in [-0.1, -0.05) is 30.3 Å². The zero-order valence-electron chi connectivity index (χ0n) is 9.30. The van der Waals surface area contributed by atoms with Crippen molar-refractivity contribution in [3.05, 3.63) is 36.2 Å². The molecule has 3 rings (SSSR count). The van der Waals surface area contributed by atoms with Gasteiger partial charge in [-0.2, -0.15) is 5.10 Å². The molecule has 2 atom stereocenters. The Labute approximate surface area is 98.9 Å². The van der Waals surface area contributed by atoms with Crippen LogP contribution in [0.25, 0.3) is 11.4 Å². The Kier molecular flexibility index (Phi) is 2.62. The molecule has 1 saturated heterocycles. The van der Waals surface area contributed by atoms with Crippen molar-refractivity contribution in [3.63, 3.8) is 0 Å². The summed E-state index contributed by atoms with van der Waals surface area (Å²) in [5.74, 6) is 1.49. The quantitative estimate of drug-likeness (QED) is 0.715. The first kappa shape index (κ1) is 10.4. The normalized spacial score (nSPS) is 24.1. The van der Waals surface area contributed by atoms with E-state index in [9.17, 15) is 5.11 Å². The van der Waals surface area contributed by atoms with E-state index in [1.807, 2.05) is 30.3 Å². The topological polar surface area (TPSA) is 73.8 Å². The van der Waals surface area contributed by atoms with Gasteiger partial charge >= 0.3 is 0 Å². The standard InChI is InChI=1S/C12H14N4O/c17-9-6-10(13-7-9)12-14-11(15-16-12)8-4-2-1-3-5-8/h1-5,9-10,13,17H,6-7H2,(H,14,15,16). The first-order valence-corrected chi connectivity index (χ1v) is 5.72. The molecule has 88 valence electrons. The van der Waals surface area contributed by atoms with Crippen molar-refractivity contribution in [1.29, 1.82) is 0 Å². The van der Waals surface area contributed by atoms with Gasteiger partial charge in [0, 0.05) is 12.1 Å². The van der Waals surface area contributed by atoms with Crippen molar-refractivity contribution in [1.82, 2.24) is 20.5 Å². The molecule has 2 aromatic rings. The van der Waals surface area contributed by atoms with Crippen molar-refractivity contribution in [2.45, 2.75) is 18.6 Å². The van der Waals surface area contributed by atoms with Crippen LogP contribution in [0.15, 0.2) is 30.3 Å². The van der Waals surface area contributed by atoms with Crippen LogP contribution in [0.1, 0.15) is 18.3 Å². The number of aliphatic hydroxyl groups is 1. The molecule has 5 nitrogen and oxygen atoms in total. The number of β-amino-alcohol motifs (C(OH)–C–C–N with tert-alkyl or cyclic N) is 1. The van der Waals surface area contributed by atoms with Gasteiger partial charge < -0.3 is 10.4 Å². The summed E-state index contributed by atoms with van der Waals surface area (Å²) in [6.07, 6.45) is 0.397. The number of aromatic amines is 1. The summed E-state index contributed by atoms with van der Waals surface area (Å²) in [7, 11) is 0. The van der Waals surface area contributed by atoms with Gasteiger partial charge in [0.15, 0.2) is 5.82 Å². The third-order valence-corrected chi connectivity index (χ3v) is 2.97. The number of hydrogen-bond acceptors (Lipinski definition) is 4. The second-order valence-electron chi connectivity index (χ2n) is 4.26. The third kappa shape index (κ3) is 2.07. The highest BCUT2D eigenvalue weighted by Gasteiger charge is 2.26. The predicted octanol–water partition coefficient (Wildman–Crippen LogP) is 0.867. The first-order chi connectivity index (χ1) is 8.33. The average molecular weight is 230 g/mol. The molecule has 1 aromatic heterocycles. The van der Waals surface area contributed by atoms with E-state index >= 15 is 0 Å². The number of benzene rings is 1. The van der Waals surface area contributed by atoms with Crippen LogP contribution in [-0.2, 0) is 0 Å². The van der Waals surface area contributed by atoms with Crippen LogP contribution in [0.3, 0.4) is 0 Å². The van der Waals surface area contributed by atoms with E-state index < -0.39 is 0 Å². The van der Waals surface area contributed by atoms with E-state index in [4.69, 9.17) is 0 Å². The van der Waals surface area contributed by atoms with Crippen LogP contribution in [0.2, 0.25) is 0 Å². The van der Waals surface area contributed by atoms with E-state index in [1.54, 1.807) is 0 Å². The number of nitrogens with one attached hydrogen (secondary N) is 2. The van der Waals surface area contributed by atoms with Gasteiger partial charge in [-0.25, -0.2) is 4.98 Å². The van der Waals surface area contributed by atoms with E-state index in [0.717, 1.165) is 11.4 Å². The third-order valence-electron chi connectivity index (χ3n) is 2.97. The lowest BCUT2D eigenvalue weighted by atomic mass is 10.2. The van der Waals surface area contributed by atoms with Crippen LogP contribution in [-0.4, -0.2) is 32.9 Å². The fraction of sp³-hybridized carbons (Fsp3) is 0.333. The van der Waals surface area contributed by atoms with Crippen molar-refractivity contribution < 1.29 is 5.11 Å². The minimum absolute atomic E-state index is 0.0787. The Balaban J connectivity index is 1.84. The summed E-state index contributed by atoms with van der Waals surface area (Å²) < 4.78 is 0. The SMILES string of the molecule is OC1CNC(c2nc(-c3ccccc3)n[nH]2)C1. The van der Waals surface area contributed by atoms with Crippen molar-refractivity contribution >= 4 is 0 Å². The minimum Gasteiger partial charge on any atom is -0.392 e. The minimum atomic E-state index is -0.287. The molecular formula is C12H14N4O. The molecule has 0 aliphatic carbocycles. The van der Waals surface area contributed by atoms with Gasteiger partial charge in [-0.05, 0) is 6.42 Å². The van der Waals surface area contributed by atoms with E-state index in [1.165, 1.54) is 0 Å². The molecule has 2 heterocycles. The number of H-pyrrole nitrogens is 1. The van der Waals surface area contributed by atoms with Crippen LogP contribution < -0.4 is 5.32 Å². The molecule has 0 spiro atoms. The molecular weight excluding hydrogens is 216 g/mol. The van der Waals surface area contributed by atoms with Gasteiger partial charge in [-0.15, -0.1) is 0 Å². The maximum Gasteiger partial charge on any atom is 0.181 e. The Morgan fingerprint density at radius 2 is 2.06 bits per heavy atom. The lowest BCUT2D eigenvalue weighted by molar-refractivity contribution is 0.193. The van der Waals surface area contributed by atoms with Crippen LogP contribution in [0.4, 0.5) is 0 Å². The van der Waals surface area contributed by atoms with Crippen LogP contribution in [0, 0.1) is 0 Å². The smallest absolute Gasteiger partial charge is 0.181 e. The van der Waals surface area contributed by atoms with Gasteiger partial charge in [-0.3, -0.25) is 5.10 Å². The number of aliphatic hydroxyl groups excluding tert-OH is 1. The molecule has 1 aliphatic rings. The molecule has 1 fully saturated rings. The number of hydrogen-bond donors (Lipinski definition) is 3. The number of aromatic nitrogens is 3. The summed E-state index contributed by atoms with van der Waals surface area (Å²) in [6.45, 7) is 0.617. The molecule has 1 aromatic carbocycles. The number of nitrogens with zero attached hydrogens (tertiary/aromatic N) is 2. The Hall–Kier alpha value is -1.72. The molecule has 0 amide bonds. The molecule has 0 saturated carbocycles. The van der Waals surface area contributed by atoms with Crippen molar-refractivity contribution in [2.75, 3.05) is 6.54 Å². The summed E-state index contributed by atoms with van der Waals surface area (Å²) in [4.78, 5) is 4.46. The summed E-state index contributed by atoms with van der Waals surface area (Å²) in [6, 6.07) is 9.92. The maximum absolute atomic E-state index is 9.46. The molecule has 17 heavy (non-hydrogen) atoms. The van der Waals surface area contributed by atoms with E-state index in [2.05, 4.69) is 20.5 Å². The fourth-order valence-corrected chi connectivity index (χ4v) is 2.07. The molecule has 5 heteroatoms. The van der Waals surface area contributed by atoms with Gasteiger partial charge in [0.2, 0.25) is 0 Å². The highest BCUT2D eigenvalue weighted by atomic mass is 16.3. The fourth-order valence-electron chi connectivity index (χ4n) is 2.07. The average Bonchev–Trinajstić information content (AvgIpc) is 2.98. The maximum atomic E-state index is 9.46. The van der Waals surface area contributed by atoms with Crippen LogP contribution in [0.5, 0.6) is 0 Å². The summed E-state index contributed by atoms with van der Waals surface area (Å²) in [5.41, 5.74) is 0.994. The second-order valence-corrected chi connectivity index (χ2v) is 4.26. The highest BCUT2D eigenvalue weighted by Crippen LogP contribution is 2.22. The van der Waals surface area contributed by atoms with Gasteiger partial charge in [0.25, 0.3) is 0 Å². The zero-order valence-corrected chi connectivity index (χ0v) is 9.30. The van der Waals surface area contributed by atoms with Crippen molar-refractivity contribution in [3.8, 4) is 11.4 Å². The lowest BCUT2D eigenvalue weighted by Gasteiger charge is -2.03. The second kappa shape index (κ2) is 4.27. The monoisotopic (exact) mass is 230 g/mol. The molecule has 0 radical (unpaired) electrons. The predicted molar refractivity (Wildman–Crippen MR) is 63.2 cm³/mol. The molecule has 0 bridgehead atoms. The van der Waals surface area contributed by atoms with Crippen LogP contribution >= 0.6 is 0 Å². The van der Waals surface area contributed by atoms with Crippen molar-refractivity contribution in [2.24, 2.45) is 0 Å². The van der Waals surface area contributed by atoms with E-state index in [0.29, 0.717) is 18.8 Å². The Morgan fingerprint density at radius 1 is 1.24 bits per heavy atom. The lowest BCUT2D eigenvalue weighted by Crippen LogP contribution is -2.15. The van der Waals surface area contributed by atoms with Gasteiger partial charge in [0.05, 0.1) is 12.1 Å².